The van der Waals surface area contributed by atoms with E-state index in [4.69, 9.17) is 11.6 Å². The highest BCUT2D eigenvalue weighted by Crippen LogP contribution is 2.28. The number of anilines is 1. The Balaban J connectivity index is 1.65. The second kappa shape index (κ2) is 9.09. The number of hydrogen-bond acceptors (Lipinski definition) is 5. The van der Waals surface area contributed by atoms with Crippen LogP contribution in [0.1, 0.15) is 25.7 Å². The van der Waals surface area contributed by atoms with Gasteiger partial charge >= 0.3 is 0 Å². The first-order chi connectivity index (χ1) is 13.3. The van der Waals surface area contributed by atoms with Gasteiger partial charge < -0.3 is 10.2 Å². The fourth-order valence-electron chi connectivity index (χ4n) is 3.82. The van der Waals surface area contributed by atoms with Crippen LogP contribution in [0, 0.1) is 0 Å². The summed E-state index contributed by atoms with van der Waals surface area (Å²) in [6.45, 7) is 3.37. The van der Waals surface area contributed by atoms with E-state index in [0.29, 0.717) is 29.8 Å². The zero-order valence-electron chi connectivity index (χ0n) is 16.5. The molecule has 0 aromatic heterocycles. The fourth-order valence-corrected chi connectivity index (χ4v) is 5.53. The van der Waals surface area contributed by atoms with Crippen LogP contribution in [0.15, 0.2) is 23.1 Å². The number of carbonyl (C=O) groups excluding carboxylic acids is 1. The molecule has 1 N–H and O–H groups in total. The standard InChI is InChI=1S/C19H29ClN4O3S/c1-22-11-7-15(8-12-22)23(2)14-19(25)21-18-13-16(5-6-17(18)20)28(26,27)24-9-3-4-10-24/h5-6,13,15H,3-4,7-12,14H2,1-2H3,(H,21,25). The van der Waals surface area contributed by atoms with Crippen molar-refractivity contribution in [2.24, 2.45) is 0 Å². The molecule has 0 unspecified atom stereocenters. The van der Waals surface area contributed by atoms with Crippen LogP contribution in [0.2, 0.25) is 5.02 Å². The molecule has 28 heavy (non-hydrogen) atoms. The second-order valence-corrected chi connectivity index (χ2v) is 10.1. The minimum atomic E-state index is -3.55. The molecule has 0 saturated carbocycles. The predicted octanol–water partition coefficient (Wildman–Crippen LogP) is 2.09. The van der Waals surface area contributed by atoms with E-state index in [-0.39, 0.29) is 17.3 Å². The molecule has 2 aliphatic heterocycles. The highest BCUT2D eigenvalue weighted by molar-refractivity contribution is 7.89. The molecule has 1 amide bonds. The predicted molar refractivity (Wildman–Crippen MR) is 111 cm³/mol. The summed E-state index contributed by atoms with van der Waals surface area (Å²) < 4.78 is 27.0. The zero-order chi connectivity index (χ0) is 20.3. The summed E-state index contributed by atoms with van der Waals surface area (Å²) in [6.07, 6.45) is 3.81. The molecule has 0 radical (unpaired) electrons. The van der Waals surface area contributed by atoms with Gasteiger partial charge in [0.05, 0.1) is 22.2 Å². The zero-order valence-corrected chi connectivity index (χ0v) is 18.1. The van der Waals surface area contributed by atoms with Crippen LogP contribution in [0.25, 0.3) is 0 Å². The first kappa shape index (κ1) is 21.5. The fraction of sp³-hybridized carbons (Fsp3) is 0.632. The lowest BCUT2D eigenvalue weighted by molar-refractivity contribution is -0.117. The lowest BCUT2D eigenvalue weighted by Crippen LogP contribution is -2.44. The van der Waals surface area contributed by atoms with Gasteiger partial charge in [0.25, 0.3) is 0 Å². The molecule has 2 saturated heterocycles. The number of sulfonamides is 1. The van der Waals surface area contributed by atoms with Crippen LogP contribution < -0.4 is 5.32 Å². The third-order valence-corrected chi connectivity index (χ3v) is 7.84. The Morgan fingerprint density at radius 2 is 1.86 bits per heavy atom. The molecule has 9 heteroatoms. The number of nitrogens with zero attached hydrogens (tertiary/aromatic N) is 3. The van der Waals surface area contributed by atoms with Gasteiger partial charge in [-0.25, -0.2) is 8.42 Å². The van der Waals surface area contributed by atoms with Gasteiger partial charge in [-0.3, -0.25) is 9.69 Å². The van der Waals surface area contributed by atoms with Gasteiger partial charge in [0.2, 0.25) is 15.9 Å². The highest BCUT2D eigenvalue weighted by Gasteiger charge is 2.28. The smallest absolute Gasteiger partial charge is 0.243 e. The summed E-state index contributed by atoms with van der Waals surface area (Å²) in [5.41, 5.74) is 0.337. The Kier molecular flexibility index (Phi) is 6.98. The molecule has 0 aliphatic carbocycles. The van der Waals surface area contributed by atoms with Gasteiger partial charge in [0.1, 0.15) is 0 Å². The van der Waals surface area contributed by atoms with Crippen molar-refractivity contribution in [3.8, 4) is 0 Å². The Labute approximate surface area is 172 Å². The molecule has 2 aliphatic rings. The first-order valence-electron chi connectivity index (χ1n) is 9.75. The maximum absolute atomic E-state index is 12.8. The van der Waals surface area contributed by atoms with E-state index in [1.54, 1.807) is 0 Å². The van der Waals surface area contributed by atoms with Crippen molar-refractivity contribution >= 4 is 33.2 Å². The minimum absolute atomic E-state index is 0.165. The molecule has 1 aromatic rings. The van der Waals surface area contributed by atoms with Crippen molar-refractivity contribution in [3.05, 3.63) is 23.2 Å². The summed E-state index contributed by atoms with van der Waals surface area (Å²) in [6, 6.07) is 4.86. The van der Waals surface area contributed by atoms with Crippen molar-refractivity contribution in [1.82, 2.24) is 14.1 Å². The topological polar surface area (TPSA) is 73.0 Å². The average Bonchev–Trinajstić information content (AvgIpc) is 3.19. The quantitative estimate of drug-likeness (QED) is 0.751. The normalized spacial score (nSPS) is 20.0. The third-order valence-electron chi connectivity index (χ3n) is 5.62. The molecule has 3 rings (SSSR count). The van der Waals surface area contributed by atoms with Gasteiger partial charge in [-0.15, -0.1) is 0 Å². The number of likely N-dealkylation sites (N-methyl/N-ethyl adjacent to an activating group) is 1. The van der Waals surface area contributed by atoms with Crippen molar-refractivity contribution in [2.45, 2.75) is 36.6 Å². The van der Waals surface area contributed by atoms with Crippen LogP contribution >= 0.6 is 11.6 Å². The Hall–Kier alpha value is -1.19. The summed E-state index contributed by atoms with van der Waals surface area (Å²) in [5.74, 6) is -0.195. The highest BCUT2D eigenvalue weighted by atomic mass is 35.5. The van der Waals surface area contributed by atoms with Gasteiger partial charge in [0, 0.05) is 19.1 Å². The van der Waals surface area contributed by atoms with Crippen LogP contribution in [-0.2, 0) is 14.8 Å². The van der Waals surface area contributed by atoms with E-state index in [9.17, 15) is 13.2 Å². The van der Waals surface area contributed by atoms with E-state index in [0.717, 1.165) is 38.8 Å². The number of nitrogens with one attached hydrogen (secondary N) is 1. The maximum Gasteiger partial charge on any atom is 0.243 e. The summed E-state index contributed by atoms with van der Waals surface area (Å²) >= 11 is 6.21. The number of hydrogen-bond donors (Lipinski definition) is 1. The number of halogens is 1. The molecule has 0 bridgehead atoms. The molecule has 7 nitrogen and oxygen atoms in total. The number of piperidine rings is 1. The molecule has 1 aromatic carbocycles. The SMILES string of the molecule is CN1CCC(N(C)CC(=O)Nc2cc(S(=O)(=O)N3CCCC3)ccc2Cl)CC1. The van der Waals surface area contributed by atoms with Gasteiger partial charge in [-0.2, -0.15) is 4.31 Å². The van der Waals surface area contributed by atoms with E-state index < -0.39 is 10.0 Å². The lowest BCUT2D eigenvalue weighted by Gasteiger charge is -2.34. The van der Waals surface area contributed by atoms with Gasteiger partial charge in [-0.1, -0.05) is 11.6 Å². The number of benzene rings is 1. The largest absolute Gasteiger partial charge is 0.324 e. The maximum atomic E-state index is 12.8. The lowest BCUT2D eigenvalue weighted by atomic mass is 10.0. The van der Waals surface area contributed by atoms with Crippen molar-refractivity contribution < 1.29 is 13.2 Å². The molecular weight excluding hydrogens is 400 g/mol. The van der Waals surface area contributed by atoms with Crippen molar-refractivity contribution in [2.75, 3.05) is 52.1 Å². The molecule has 2 heterocycles. The molecular formula is C19H29ClN4O3S. The summed E-state index contributed by atoms with van der Waals surface area (Å²) in [5, 5.41) is 3.12. The molecule has 0 atom stereocenters. The van der Waals surface area contributed by atoms with E-state index in [1.165, 1.54) is 22.5 Å². The van der Waals surface area contributed by atoms with Crippen LogP contribution in [0.3, 0.4) is 0 Å². The van der Waals surface area contributed by atoms with E-state index >= 15 is 0 Å². The number of carbonyl (C=O) groups is 1. The molecule has 0 spiro atoms. The number of rotatable bonds is 6. The van der Waals surface area contributed by atoms with Crippen LogP contribution in [0.5, 0.6) is 0 Å². The Morgan fingerprint density at radius 3 is 2.50 bits per heavy atom. The van der Waals surface area contributed by atoms with Gasteiger partial charge in [-0.05, 0) is 71.1 Å². The van der Waals surface area contributed by atoms with E-state index in [1.807, 2.05) is 7.05 Å². The molecule has 2 fully saturated rings. The first-order valence-corrected chi connectivity index (χ1v) is 11.6. The Bertz CT molecular complexity index is 803. The molecule has 156 valence electrons. The summed E-state index contributed by atoms with van der Waals surface area (Å²) in [4.78, 5) is 17.0. The van der Waals surface area contributed by atoms with Crippen LogP contribution in [0.4, 0.5) is 5.69 Å². The third kappa shape index (κ3) is 5.04. The number of amides is 1. The monoisotopic (exact) mass is 428 g/mol. The Morgan fingerprint density at radius 1 is 1.21 bits per heavy atom. The summed E-state index contributed by atoms with van der Waals surface area (Å²) in [7, 11) is 0.504. The second-order valence-electron chi connectivity index (χ2n) is 7.75. The van der Waals surface area contributed by atoms with Crippen molar-refractivity contribution in [3.63, 3.8) is 0 Å². The van der Waals surface area contributed by atoms with Gasteiger partial charge in [0.15, 0.2) is 0 Å². The number of likely N-dealkylation sites (tertiary alicyclic amines) is 1. The van der Waals surface area contributed by atoms with E-state index in [2.05, 4.69) is 22.2 Å². The van der Waals surface area contributed by atoms with Crippen molar-refractivity contribution in [1.29, 1.82) is 0 Å². The minimum Gasteiger partial charge on any atom is -0.324 e. The van der Waals surface area contributed by atoms with Crippen LogP contribution in [-0.4, -0.2) is 81.3 Å². The average molecular weight is 429 g/mol.